The van der Waals surface area contributed by atoms with Crippen LogP contribution in [0.1, 0.15) is 22.8 Å². The van der Waals surface area contributed by atoms with E-state index in [2.05, 4.69) is 10.2 Å². The van der Waals surface area contributed by atoms with Crippen LogP contribution in [0.5, 0.6) is 0 Å². The lowest BCUT2D eigenvalue weighted by molar-refractivity contribution is 0.0994. The number of carbonyl (C=O) groups excluding carboxylic acids is 1. The topological polar surface area (TPSA) is 67.8 Å². The number of halogens is 1. The molecule has 0 aliphatic carbocycles. The Bertz CT molecular complexity index is 953. The van der Waals surface area contributed by atoms with Gasteiger partial charge in [0.15, 0.2) is 10.9 Å². The first kappa shape index (κ1) is 18.5. The lowest BCUT2D eigenvalue weighted by Gasteiger charge is -2.11. The van der Waals surface area contributed by atoms with Crippen LogP contribution in [0.25, 0.3) is 0 Å². The third kappa shape index (κ3) is 4.45. The summed E-state index contributed by atoms with van der Waals surface area (Å²) in [6, 6.07) is 16.8. The lowest BCUT2D eigenvalue weighted by atomic mass is 10.1. The Hall–Kier alpha value is -2.31. The number of aryl methyl sites for hydroxylation is 1. The van der Waals surface area contributed by atoms with Crippen molar-refractivity contribution in [3.8, 4) is 0 Å². The molecule has 0 aliphatic heterocycles. The van der Waals surface area contributed by atoms with Gasteiger partial charge in [-0.15, -0.1) is 5.10 Å². The molecule has 1 aromatic heterocycles. The zero-order valence-electron chi connectivity index (χ0n) is 14.2. The third-order valence-corrected chi connectivity index (χ3v) is 5.28. The summed E-state index contributed by atoms with van der Waals surface area (Å²) >= 11 is 7.22. The van der Waals surface area contributed by atoms with E-state index >= 15 is 0 Å². The summed E-state index contributed by atoms with van der Waals surface area (Å²) in [7, 11) is 0. The number of hydrogen-bond acceptors (Lipinski definition) is 4. The lowest BCUT2D eigenvalue weighted by Crippen LogP contribution is -2.20. The van der Waals surface area contributed by atoms with Crippen LogP contribution in [0.3, 0.4) is 0 Å². The Balaban J connectivity index is 1.72. The Morgan fingerprint density at radius 2 is 2.00 bits per heavy atom. The van der Waals surface area contributed by atoms with Crippen LogP contribution in [-0.4, -0.2) is 25.8 Å². The number of Topliss-reactive ketones (excluding diaryl/α,β-unsaturated/α-hetero) is 1. The fourth-order valence-electron chi connectivity index (χ4n) is 2.56. The monoisotopic (exact) mass is 387 g/mol. The van der Waals surface area contributed by atoms with Gasteiger partial charge in [0.05, 0.1) is 5.25 Å². The van der Waals surface area contributed by atoms with Crippen molar-refractivity contribution in [1.82, 2.24) is 14.8 Å². The minimum absolute atomic E-state index is 0.0532. The Morgan fingerprint density at radius 3 is 2.73 bits per heavy atom. The average Bonchev–Trinajstić information content (AvgIpc) is 2.99. The van der Waals surface area contributed by atoms with Gasteiger partial charge in [0.2, 0.25) is 0 Å². The molecule has 0 fully saturated rings. The molecule has 26 heavy (non-hydrogen) atoms. The SMILES string of the molecule is CC(Sc1n[nH]c(=O)n1CCc1ccccc1)C(=O)c1cccc(Cl)c1. The highest BCUT2D eigenvalue weighted by molar-refractivity contribution is 8.00. The van der Waals surface area contributed by atoms with Crippen LogP contribution in [0.15, 0.2) is 64.5 Å². The highest BCUT2D eigenvalue weighted by Gasteiger charge is 2.20. The molecule has 5 nitrogen and oxygen atoms in total. The van der Waals surface area contributed by atoms with Gasteiger partial charge in [-0.3, -0.25) is 9.36 Å². The maximum Gasteiger partial charge on any atom is 0.343 e. The maximum atomic E-state index is 12.6. The Kier molecular flexibility index (Phi) is 5.96. The molecule has 0 saturated carbocycles. The second-order valence-corrected chi connectivity index (χ2v) is 7.58. The van der Waals surface area contributed by atoms with Crippen LogP contribution in [-0.2, 0) is 13.0 Å². The van der Waals surface area contributed by atoms with E-state index in [0.717, 1.165) is 5.56 Å². The number of ketones is 1. The number of H-pyrrole nitrogens is 1. The number of aromatic amines is 1. The molecule has 0 amide bonds. The smallest absolute Gasteiger partial charge is 0.293 e. The molecule has 3 rings (SSSR count). The first-order valence-electron chi connectivity index (χ1n) is 8.20. The van der Waals surface area contributed by atoms with Crippen molar-refractivity contribution in [2.24, 2.45) is 0 Å². The Morgan fingerprint density at radius 1 is 1.23 bits per heavy atom. The fourth-order valence-corrected chi connectivity index (χ4v) is 3.71. The molecule has 1 unspecified atom stereocenters. The summed E-state index contributed by atoms with van der Waals surface area (Å²) < 4.78 is 1.57. The van der Waals surface area contributed by atoms with Gasteiger partial charge >= 0.3 is 5.69 Å². The van der Waals surface area contributed by atoms with Crippen molar-refractivity contribution in [3.63, 3.8) is 0 Å². The second-order valence-electron chi connectivity index (χ2n) is 5.83. The summed E-state index contributed by atoms with van der Waals surface area (Å²) in [6.45, 7) is 2.30. The van der Waals surface area contributed by atoms with Gasteiger partial charge in [-0.1, -0.05) is 65.8 Å². The minimum atomic E-state index is -0.390. The van der Waals surface area contributed by atoms with Crippen LogP contribution in [0.2, 0.25) is 5.02 Å². The molecule has 7 heteroatoms. The van der Waals surface area contributed by atoms with Gasteiger partial charge in [-0.2, -0.15) is 0 Å². The molecule has 0 aliphatic rings. The second kappa shape index (κ2) is 8.38. The molecule has 0 saturated heterocycles. The molecule has 0 radical (unpaired) electrons. The van der Waals surface area contributed by atoms with E-state index in [0.29, 0.717) is 28.7 Å². The summed E-state index contributed by atoms with van der Waals surface area (Å²) in [5.74, 6) is -0.0532. The molecule has 2 aromatic carbocycles. The number of rotatable bonds is 7. The van der Waals surface area contributed by atoms with Gasteiger partial charge < -0.3 is 0 Å². The highest BCUT2D eigenvalue weighted by atomic mass is 35.5. The predicted octanol–water partition coefficient (Wildman–Crippen LogP) is 3.83. The molecule has 3 aromatic rings. The van der Waals surface area contributed by atoms with E-state index in [9.17, 15) is 9.59 Å². The van der Waals surface area contributed by atoms with Crippen molar-refractivity contribution in [2.75, 3.05) is 0 Å². The van der Waals surface area contributed by atoms with Crippen molar-refractivity contribution in [3.05, 3.63) is 81.2 Å². The molecule has 134 valence electrons. The number of hydrogen-bond donors (Lipinski definition) is 1. The van der Waals surface area contributed by atoms with Gasteiger partial charge in [0.1, 0.15) is 0 Å². The van der Waals surface area contributed by atoms with Gasteiger partial charge in [-0.05, 0) is 31.0 Å². The highest BCUT2D eigenvalue weighted by Crippen LogP contribution is 2.24. The van der Waals surface area contributed by atoms with E-state index in [1.54, 1.807) is 35.8 Å². The van der Waals surface area contributed by atoms with Crippen molar-refractivity contribution >= 4 is 29.1 Å². The Labute approximate surface area is 160 Å². The zero-order valence-corrected chi connectivity index (χ0v) is 15.8. The quantitative estimate of drug-likeness (QED) is 0.494. The van der Waals surface area contributed by atoms with E-state index in [-0.39, 0.29) is 16.7 Å². The number of carbonyl (C=O) groups is 1. The maximum absolute atomic E-state index is 12.6. The normalized spacial score (nSPS) is 12.1. The molecular formula is C19H18ClN3O2S. The first-order chi connectivity index (χ1) is 12.5. The zero-order chi connectivity index (χ0) is 18.5. The summed E-state index contributed by atoms with van der Waals surface area (Å²) in [5, 5.41) is 7.18. The van der Waals surface area contributed by atoms with E-state index < -0.39 is 0 Å². The van der Waals surface area contributed by atoms with Gasteiger partial charge in [-0.25, -0.2) is 9.89 Å². The molecule has 1 heterocycles. The number of aromatic nitrogens is 3. The van der Waals surface area contributed by atoms with Crippen LogP contribution in [0.4, 0.5) is 0 Å². The van der Waals surface area contributed by atoms with Crippen molar-refractivity contribution < 1.29 is 4.79 Å². The summed E-state index contributed by atoms with van der Waals surface area (Å²) in [5.41, 5.74) is 1.41. The molecule has 0 spiro atoms. The number of nitrogens with zero attached hydrogens (tertiary/aromatic N) is 2. The van der Waals surface area contributed by atoms with Gasteiger partial charge in [0, 0.05) is 17.1 Å². The molecule has 0 bridgehead atoms. The molecular weight excluding hydrogens is 370 g/mol. The van der Waals surface area contributed by atoms with Crippen molar-refractivity contribution in [2.45, 2.75) is 30.3 Å². The largest absolute Gasteiger partial charge is 0.343 e. The average molecular weight is 388 g/mol. The van der Waals surface area contributed by atoms with Gasteiger partial charge in [0.25, 0.3) is 0 Å². The fraction of sp³-hybridized carbons (Fsp3) is 0.211. The first-order valence-corrected chi connectivity index (χ1v) is 9.46. The van der Waals surface area contributed by atoms with E-state index in [1.165, 1.54) is 11.8 Å². The van der Waals surface area contributed by atoms with E-state index in [1.807, 2.05) is 30.3 Å². The number of benzene rings is 2. The molecule has 1 N–H and O–H groups in total. The van der Waals surface area contributed by atoms with Crippen LogP contribution < -0.4 is 5.69 Å². The number of thioether (sulfide) groups is 1. The van der Waals surface area contributed by atoms with E-state index in [4.69, 9.17) is 11.6 Å². The van der Waals surface area contributed by atoms with Crippen molar-refractivity contribution in [1.29, 1.82) is 0 Å². The van der Waals surface area contributed by atoms with Crippen LogP contribution in [0, 0.1) is 0 Å². The third-order valence-electron chi connectivity index (χ3n) is 3.95. The minimum Gasteiger partial charge on any atom is -0.293 e. The summed E-state index contributed by atoms with van der Waals surface area (Å²) in [6.07, 6.45) is 0.713. The standard InChI is InChI=1S/C19H18ClN3O2S/c1-13(17(24)15-8-5-9-16(20)12-15)26-19-22-21-18(25)23(19)11-10-14-6-3-2-4-7-14/h2-9,12-13H,10-11H2,1H3,(H,21,25). The molecule has 1 atom stereocenters. The predicted molar refractivity (Wildman–Crippen MR) is 104 cm³/mol. The summed E-state index contributed by atoms with van der Waals surface area (Å²) in [4.78, 5) is 24.7. The number of nitrogens with one attached hydrogen (secondary N) is 1. The van der Waals surface area contributed by atoms with Crippen LogP contribution >= 0.6 is 23.4 Å².